The van der Waals surface area contributed by atoms with Gasteiger partial charge in [0, 0.05) is 12.0 Å². The van der Waals surface area contributed by atoms with Crippen molar-refractivity contribution in [2.24, 2.45) is 0 Å². The molecule has 0 aliphatic carbocycles. The van der Waals surface area contributed by atoms with E-state index in [1.165, 1.54) is 0 Å². The fourth-order valence-corrected chi connectivity index (χ4v) is 2.47. The van der Waals surface area contributed by atoms with Crippen molar-refractivity contribution in [2.75, 3.05) is 0 Å². The average Bonchev–Trinajstić information content (AvgIpc) is 1.99. The third-order valence-corrected chi connectivity index (χ3v) is 4.30. The van der Waals surface area contributed by atoms with Crippen LogP contribution in [0.5, 0.6) is 0 Å². The Bertz CT molecular complexity index is 204. The van der Waals surface area contributed by atoms with Gasteiger partial charge < -0.3 is 4.43 Å². The highest BCUT2D eigenvalue weighted by atomic mass is 79.9. The van der Waals surface area contributed by atoms with Gasteiger partial charge in [-0.3, -0.25) is 4.79 Å². The Hall–Kier alpha value is 0.327. The van der Waals surface area contributed by atoms with Gasteiger partial charge in [-0.05, 0) is 47.1 Å². The Morgan fingerprint density at radius 3 is 2.20 bits per heavy atom. The van der Waals surface area contributed by atoms with E-state index in [9.17, 15) is 4.79 Å². The van der Waals surface area contributed by atoms with Gasteiger partial charge in [-0.15, -0.1) is 0 Å². The van der Waals surface area contributed by atoms with Crippen LogP contribution in [-0.4, -0.2) is 25.5 Å². The van der Waals surface area contributed by atoms with Crippen LogP contribution in [0.15, 0.2) is 0 Å². The van der Waals surface area contributed by atoms with Gasteiger partial charge in [0.15, 0.2) is 9.76 Å². The lowest BCUT2D eigenvalue weighted by Crippen LogP contribution is -2.24. The number of rotatable bonds is 6. The van der Waals surface area contributed by atoms with Crippen LogP contribution in [0.4, 0.5) is 0 Å². The Labute approximate surface area is 104 Å². The molecule has 2 nitrogen and oxygen atoms in total. The molecule has 0 N–H and O–H groups in total. The number of carbonyl (C=O) groups is 1. The standard InChI is InChI=1S/C11H23BrO2Si/c1-10(2,3)14-15-8-6-7-9(13)11(4,5)12/h6-8,15H2,1-5H3. The average molecular weight is 295 g/mol. The Morgan fingerprint density at radius 2 is 1.80 bits per heavy atom. The van der Waals surface area contributed by atoms with Crippen LogP contribution >= 0.6 is 15.9 Å². The molecule has 0 rings (SSSR count). The molecular weight excluding hydrogens is 272 g/mol. The van der Waals surface area contributed by atoms with E-state index < -0.39 is 9.76 Å². The summed E-state index contributed by atoms with van der Waals surface area (Å²) >= 11 is 3.38. The first-order chi connectivity index (χ1) is 6.63. The molecule has 0 aromatic heterocycles. The first-order valence-corrected chi connectivity index (χ1v) is 7.86. The molecule has 0 heterocycles. The van der Waals surface area contributed by atoms with E-state index in [0.29, 0.717) is 6.42 Å². The summed E-state index contributed by atoms with van der Waals surface area (Å²) in [5.41, 5.74) is -0.00900. The molecule has 0 bridgehead atoms. The molecule has 0 aromatic carbocycles. The molecule has 15 heavy (non-hydrogen) atoms. The number of alkyl halides is 1. The number of carbonyl (C=O) groups excluding carboxylic acids is 1. The maximum atomic E-state index is 11.6. The summed E-state index contributed by atoms with van der Waals surface area (Å²) in [6, 6.07) is 1.09. The van der Waals surface area contributed by atoms with E-state index in [-0.39, 0.29) is 15.7 Å². The maximum Gasteiger partial charge on any atom is 0.162 e. The molecule has 90 valence electrons. The van der Waals surface area contributed by atoms with Crippen molar-refractivity contribution in [2.45, 2.75) is 63.4 Å². The predicted octanol–water partition coefficient (Wildman–Crippen LogP) is 2.83. The highest BCUT2D eigenvalue weighted by molar-refractivity contribution is 9.10. The Balaban J connectivity index is 3.53. The van der Waals surface area contributed by atoms with Gasteiger partial charge in [-0.25, -0.2) is 0 Å². The van der Waals surface area contributed by atoms with Crippen LogP contribution in [0.25, 0.3) is 0 Å². The molecule has 0 saturated heterocycles. The monoisotopic (exact) mass is 294 g/mol. The summed E-state index contributed by atoms with van der Waals surface area (Å²) in [4.78, 5) is 11.6. The van der Waals surface area contributed by atoms with Gasteiger partial charge in [0.2, 0.25) is 0 Å². The summed E-state index contributed by atoms with van der Waals surface area (Å²) in [6.07, 6.45) is 1.63. The first kappa shape index (κ1) is 15.3. The van der Waals surface area contributed by atoms with Crippen LogP contribution in [0.2, 0.25) is 6.04 Å². The predicted molar refractivity (Wildman–Crippen MR) is 71.4 cm³/mol. The van der Waals surface area contributed by atoms with E-state index in [2.05, 4.69) is 36.7 Å². The topological polar surface area (TPSA) is 26.3 Å². The van der Waals surface area contributed by atoms with Crippen molar-refractivity contribution in [3.63, 3.8) is 0 Å². The lowest BCUT2D eigenvalue weighted by molar-refractivity contribution is -0.120. The zero-order valence-corrected chi connectivity index (χ0v) is 13.5. The first-order valence-electron chi connectivity index (χ1n) is 5.49. The van der Waals surface area contributed by atoms with Crippen molar-refractivity contribution in [1.82, 2.24) is 0 Å². The van der Waals surface area contributed by atoms with Crippen LogP contribution in [0, 0.1) is 0 Å². The second kappa shape index (κ2) is 6.16. The molecule has 0 aliphatic heterocycles. The fourth-order valence-electron chi connectivity index (χ4n) is 1.06. The SMILES string of the molecule is CC(C)(C)O[SiH2]CCCC(=O)C(C)(C)Br. The molecule has 0 aromatic rings. The summed E-state index contributed by atoms with van der Waals surface area (Å²) < 4.78 is 5.35. The van der Waals surface area contributed by atoms with Crippen molar-refractivity contribution in [3.05, 3.63) is 0 Å². The largest absolute Gasteiger partial charge is 0.419 e. The molecular formula is C11H23BrO2Si. The van der Waals surface area contributed by atoms with Crippen LogP contribution in [0.1, 0.15) is 47.5 Å². The highest BCUT2D eigenvalue weighted by Gasteiger charge is 2.22. The Kier molecular flexibility index (Phi) is 6.29. The normalized spacial score (nSPS) is 13.7. The molecule has 0 amide bonds. The zero-order valence-electron chi connectivity index (χ0n) is 10.5. The quantitative estimate of drug-likeness (QED) is 0.428. The molecule has 0 saturated carbocycles. The van der Waals surface area contributed by atoms with Crippen LogP contribution in [-0.2, 0) is 9.22 Å². The number of hydrogen-bond donors (Lipinski definition) is 0. The van der Waals surface area contributed by atoms with Crippen LogP contribution < -0.4 is 0 Å². The molecule has 0 fully saturated rings. The van der Waals surface area contributed by atoms with Crippen molar-refractivity contribution in [1.29, 1.82) is 0 Å². The molecule has 0 spiro atoms. The van der Waals surface area contributed by atoms with Gasteiger partial charge in [0.05, 0.1) is 4.32 Å². The smallest absolute Gasteiger partial charge is 0.162 e. The number of hydrogen-bond acceptors (Lipinski definition) is 2. The summed E-state index contributed by atoms with van der Waals surface area (Å²) in [5, 5.41) is 0. The molecule has 0 atom stereocenters. The Morgan fingerprint density at radius 1 is 1.27 bits per heavy atom. The van der Waals surface area contributed by atoms with Gasteiger partial charge in [-0.2, -0.15) is 0 Å². The van der Waals surface area contributed by atoms with E-state index >= 15 is 0 Å². The summed E-state index contributed by atoms with van der Waals surface area (Å²) in [5.74, 6) is 0.284. The van der Waals surface area contributed by atoms with Gasteiger partial charge >= 0.3 is 0 Å². The van der Waals surface area contributed by atoms with Gasteiger partial charge in [0.1, 0.15) is 5.78 Å². The minimum Gasteiger partial charge on any atom is -0.419 e. The molecule has 0 radical (unpaired) electrons. The van der Waals surface area contributed by atoms with Crippen LogP contribution in [0.3, 0.4) is 0 Å². The second-order valence-electron chi connectivity index (χ2n) is 5.31. The maximum absolute atomic E-state index is 11.6. The molecule has 4 heteroatoms. The summed E-state index contributed by atoms with van der Waals surface area (Å²) in [7, 11) is -0.447. The lowest BCUT2D eigenvalue weighted by Gasteiger charge is -2.20. The van der Waals surface area contributed by atoms with E-state index in [4.69, 9.17) is 4.43 Å². The van der Waals surface area contributed by atoms with Gasteiger partial charge in [0.25, 0.3) is 0 Å². The third-order valence-electron chi connectivity index (χ3n) is 2.00. The van der Waals surface area contributed by atoms with Gasteiger partial charge in [-0.1, -0.05) is 15.9 Å². The zero-order chi connectivity index (χ0) is 12.1. The van der Waals surface area contributed by atoms with E-state index in [1.807, 2.05) is 13.8 Å². The van der Waals surface area contributed by atoms with Crippen molar-refractivity contribution in [3.8, 4) is 0 Å². The fraction of sp³-hybridized carbons (Fsp3) is 0.909. The second-order valence-corrected chi connectivity index (χ2v) is 8.70. The van der Waals surface area contributed by atoms with E-state index in [0.717, 1.165) is 12.5 Å². The molecule has 0 aliphatic rings. The summed E-state index contributed by atoms with van der Waals surface area (Å²) in [6.45, 7) is 10.0. The minimum atomic E-state index is -0.447. The minimum absolute atomic E-state index is 0.00900. The highest BCUT2D eigenvalue weighted by Crippen LogP contribution is 2.20. The van der Waals surface area contributed by atoms with Crippen molar-refractivity contribution >= 4 is 31.5 Å². The number of ketones is 1. The lowest BCUT2D eigenvalue weighted by atomic mass is 10.1. The van der Waals surface area contributed by atoms with E-state index in [1.54, 1.807) is 0 Å². The number of Topliss-reactive ketones (excluding diaryl/α,β-unsaturated/α-hetero) is 1. The molecule has 0 unspecified atom stereocenters. The third kappa shape index (κ3) is 9.27. The van der Waals surface area contributed by atoms with Crippen molar-refractivity contribution < 1.29 is 9.22 Å². The number of halogens is 1.